The first-order chi connectivity index (χ1) is 17.1. The number of ether oxygens (including phenoxy) is 1. The molecule has 0 spiro atoms. The van der Waals surface area contributed by atoms with Crippen LogP contribution in [0.1, 0.15) is 61.9 Å². The summed E-state index contributed by atoms with van der Waals surface area (Å²) in [7, 11) is 0. The van der Waals surface area contributed by atoms with E-state index in [0.29, 0.717) is 40.7 Å². The zero-order valence-electron chi connectivity index (χ0n) is 20.2. The van der Waals surface area contributed by atoms with E-state index in [1.807, 2.05) is 0 Å². The van der Waals surface area contributed by atoms with Gasteiger partial charge in [0, 0.05) is 24.5 Å². The summed E-state index contributed by atoms with van der Waals surface area (Å²) in [6.45, 7) is 4.36. The predicted octanol–water partition coefficient (Wildman–Crippen LogP) is 7.72. The van der Waals surface area contributed by atoms with Crippen LogP contribution >= 0.6 is 15.9 Å². The molecule has 202 valence electrons. The molecule has 3 rings (SSSR count). The quantitative estimate of drug-likeness (QED) is 0.340. The molecule has 1 aliphatic heterocycles. The van der Waals surface area contributed by atoms with E-state index < -0.39 is 48.1 Å². The smallest absolute Gasteiger partial charge is 0.416 e. The lowest BCUT2D eigenvalue weighted by Gasteiger charge is -2.32. The molecule has 0 N–H and O–H groups in total. The van der Waals surface area contributed by atoms with Crippen LogP contribution in [0, 0.1) is 0 Å². The number of carbonyl (C=O) groups excluding carboxylic acids is 2. The first kappa shape index (κ1) is 28.8. The summed E-state index contributed by atoms with van der Waals surface area (Å²) in [6, 6.07) is 5.61. The molecule has 2 aromatic rings. The number of nitrogens with zero attached hydrogens (tertiary/aromatic N) is 2. The maximum absolute atomic E-state index is 13.4. The van der Waals surface area contributed by atoms with E-state index in [1.54, 1.807) is 32.0 Å². The average molecular weight is 595 g/mol. The minimum Gasteiger partial charge on any atom is -0.446 e. The van der Waals surface area contributed by atoms with Gasteiger partial charge in [-0.25, -0.2) is 4.79 Å². The van der Waals surface area contributed by atoms with Gasteiger partial charge in [-0.1, -0.05) is 15.9 Å². The van der Waals surface area contributed by atoms with Crippen molar-refractivity contribution in [2.24, 2.45) is 0 Å². The van der Waals surface area contributed by atoms with E-state index in [9.17, 15) is 35.9 Å². The van der Waals surface area contributed by atoms with Gasteiger partial charge in [-0.3, -0.25) is 9.69 Å². The Balaban J connectivity index is 2.08. The molecule has 0 bridgehead atoms. The third kappa shape index (κ3) is 6.97. The van der Waals surface area contributed by atoms with Gasteiger partial charge >= 0.3 is 18.4 Å². The molecule has 0 radical (unpaired) electrons. The maximum Gasteiger partial charge on any atom is 0.416 e. The van der Waals surface area contributed by atoms with Gasteiger partial charge in [-0.2, -0.15) is 26.3 Å². The number of hydrogen-bond donors (Lipinski definition) is 0. The van der Waals surface area contributed by atoms with Gasteiger partial charge in [0.25, 0.3) is 0 Å². The number of carbonyl (C=O) groups is 2. The molecule has 0 aromatic heterocycles. The molecule has 1 heterocycles. The van der Waals surface area contributed by atoms with Crippen LogP contribution in [0.2, 0.25) is 0 Å². The van der Waals surface area contributed by atoms with Gasteiger partial charge < -0.3 is 9.64 Å². The number of hydrogen-bond acceptors (Lipinski definition) is 3. The van der Waals surface area contributed by atoms with E-state index in [0.717, 1.165) is 0 Å². The van der Waals surface area contributed by atoms with Crippen LogP contribution in [0.4, 0.5) is 36.8 Å². The minimum absolute atomic E-state index is 0.0535. The fourth-order valence-corrected chi connectivity index (χ4v) is 4.66. The summed E-state index contributed by atoms with van der Waals surface area (Å²) in [5.74, 6) is -0.542. The second-order valence-corrected chi connectivity index (χ2v) is 9.92. The summed E-state index contributed by atoms with van der Waals surface area (Å²) in [4.78, 5) is 28.2. The van der Waals surface area contributed by atoms with E-state index in [4.69, 9.17) is 4.74 Å². The fraction of sp³-hybridized carbons (Fsp3) is 0.440. The molecule has 12 heteroatoms. The third-order valence-electron chi connectivity index (χ3n) is 5.84. The summed E-state index contributed by atoms with van der Waals surface area (Å²) in [5.41, 5.74) is -2.25. The summed E-state index contributed by atoms with van der Waals surface area (Å²) in [6.07, 6.45) is -10.3. The monoisotopic (exact) mass is 594 g/mol. The Bertz CT molecular complexity index is 1130. The van der Waals surface area contributed by atoms with Gasteiger partial charge in [0.2, 0.25) is 5.91 Å². The van der Waals surface area contributed by atoms with Crippen molar-refractivity contribution in [2.45, 2.75) is 64.7 Å². The molecule has 37 heavy (non-hydrogen) atoms. The van der Waals surface area contributed by atoms with Crippen LogP contribution in [0.3, 0.4) is 0 Å². The van der Waals surface area contributed by atoms with Crippen molar-refractivity contribution < 1.29 is 40.7 Å². The highest BCUT2D eigenvalue weighted by Crippen LogP contribution is 2.41. The molecule has 0 saturated heterocycles. The Kier molecular flexibility index (Phi) is 8.50. The van der Waals surface area contributed by atoms with Crippen LogP contribution in [0.5, 0.6) is 0 Å². The molecule has 1 unspecified atom stereocenters. The molecular formula is C25H25BrF6N2O3. The molecular weight excluding hydrogens is 570 g/mol. The normalized spacial score (nSPS) is 16.3. The van der Waals surface area contributed by atoms with Crippen LogP contribution in [-0.4, -0.2) is 29.5 Å². The fourth-order valence-electron chi connectivity index (χ4n) is 4.28. The number of anilines is 1. The van der Waals surface area contributed by atoms with Crippen molar-refractivity contribution in [3.8, 4) is 0 Å². The van der Waals surface area contributed by atoms with E-state index in [1.165, 1.54) is 16.7 Å². The van der Waals surface area contributed by atoms with Crippen LogP contribution in [0.15, 0.2) is 40.9 Å². The molecule has 1 atom stereocenters. The highest BCUT2D eigenvalue weighted by atomic mass is 79.9. The van der Waals surface area contributed by atoms with Gasteiger partial charge in [0.1, 0.15) is 0 Å². The Hall–Kier alpha value is -2.76. The number of amides is 2. The Morgan fingerprint density at radius 1 is 1.05 bits per heavy atom. The first-order valence-corrected chi connectivity index (χ1v) is 12.2. The van der Waals surface area contributed by atoms with E-state index in [2.05, 4.69) is 15.9 Å². The second-order valence-electron chi connectivity index (χ2n) is 9.01. The average Bonchev–Trinajstić information content (AvgIpc) is 2.94. The molecule has 0 saturated carbocycles. The van der Waals surface area contributed by atoms with Crippen molar-refractivity contribution in [2.75, 3.05) is 11.4 Å². The van der Waals surface area contributed by atoms with Crippen LogP contribution in [0.25, 0.3) is 0 Å². The van der Waals surface area contributed by atoms with Gasteiger partial charge in [-0.05, 0) is 74.2 Å². The lowest BCUT2D eigenvalue weighted by atomic mass is 9.98. The highest BCUT2D eigenvalue weighted by Gasteiger charge is 2.38. The lowest BCUT2D eigenvalue weighted by molar-refractivity contribution is -0.143. The number of halogens is 7. The molecule has 0 fully saturated rings. The molecule has 0 aliphatic carbocycles. The number of fused-ring (bicyclic) bond motifs is 1. The lowest BCUT2D eigenvalue weighted by Crippen LogP contribution is -2.34. The van der Waals surface area contributed by atoms with Gasteiger partial charge in [0.05, 0.1) is 29.0 Å². The third-order valence-corrected chi connectivity index (χ3v) is 6.33. The highest BCUT2D eigenvalue weighted by molar-refractivity contribution is 9.10. The van der Waals surface area contributed by atoms with Crippen molar-refractivity contribution in [1.29, 1.82) is 0 Å². The Morgan fingerprint density at radius 3 is 2.16 bits per heavy atom. The molecule has 1 aliphatic rings. The SMILES string of the molecule is CC(=O)N(Cc1cc(C(F)(F)F)cc(C(F)(F)F)c1)C1CCCN(C(=O)OC(C)C)c2ccc(Br)cc21. The van der Waals surface area contributed by atoms with Crippen molar-refractivity contribution in [3.63, 3.8) is 0 Å². The zero-order valence-corrected chi connectivity index (χ0v) is 21.8. The second kappa shape index (κ2) is 10.9. The maximum atomic E-state index is 13.4. The Labute approximate surface area is 218 Å². The number of alkyl halides is 6. The summed E-state index contributed by atoms with van der Waals surface area (Å²) in [5, 5.41) is 0. The zero-order chi connectivity index (χ0) is 27.7. The van der Waals surface area contributed by atoms with Crippen LogP contribution in [-0.2, 0) is 28.4 Å². The largest absolute Gasteiger partial charge is 0.446 e. The topological polar surface area (TPSA) is 49.9 Å². The summed E-state index contributed by atoms with van der Waals surface area (Å²) >= 11 is 3.37. The van der Waals surface area contributed by atoms with Crippen LogP contribution < -0.4 is 4.90 Å². The van der Waals surface area contributed by atoms with E-state index >= 15 is 0 Å². The number of benzene rings is 2. The van der Waals surface area contributed by atoms with E-state index in [-0.39, 0.29) is 24.3 Å². The van der Waals surface area contributed by atoms with Crippen molar-refractivity contribution in [3.05, 3.63) is 63.1 Å². The summed E-state index contributed by atoms with van der Waals surface area (Å²) < 4.78 is 86.3. The molecule has 2 aromatic carbocycles. The van der Waals surface area contributed by atoms with Gasteiger partial charge in [-0.15, -0.1) is 0 Å². The standard InChI is InChI=1S/C25H25BrF6N2O3/c1-14(2)37-23(36)33-8-4-5-21(20-12-19(26)6-7-22(20)33)34(15(3)35)13-16-9-17(24(27,28)29)11-18(10-16)25(30,31)32/h6-7,9-12,14,21H,4-5,8,13H2,1-3H3. The first-order valence-electron chi connectivity index (χ1n) is 11.4. The Morgan fingerprint density at radius 2 is 1.65 bits per heavy atom. The minimum atomic E-state index is -5.01. The predicted molar refractivity (Wildman–Crippen MR) is 128 cm³/mol. The van der Waals surface area contributed by atoms with Gasteiger partial charge in [0.15, 0.2) is 0 Å². The van der Waals surface area contributed by atoms with Crippen molar-refractivity contribution >= 4 is 33.6 Å². The molecule has 2 amide bonds. The molecule has 5 nitrogen and oxygen atoms in total. The number of rotatable bonds is 4. The van der Waals surface area contributed by atoms with Crippen molar-refractivity contribution in [1.82, 2.24) is 4.90 Å².